The lowest BCUT2D eigenvalue weighted by Gasteiger charge is -2.28. The zero-order chi connectivity index (χ0) is 28.3. The minimum Gasteiger partial charge on any atom is -0.496 e. The maximum Gasteiger partial charge on any atom is 0.272 e. The molecule has 6 rings (SSSR count). The first kappa shape index (κ1) is 26.7. The van der Waals surface area contributed by atoms with Gasteiger partial charge in [0.15, 0.2) is 11.5 Å². The summed E-state index contributed by atoms with van der Waals surface area (Å²) in [7, 11) is 3.19. The van der Waals surface area contributed by atoms with Crippen LogP contribution in [0, 0.1) is 5.92 Å². The number of fused-ring (bicyclic) bond motifs is 1. The molecule has 5 aromatic rings. The number of tetrazole rings is 1. The lowest BCUT2D eigenvalue weighted by Crippen LogP contribution is -2.35. The number of carbonyl (C=O) groups excluding carboxylic acids is 1. The van der Waals surface area contributed by atoms with Gasteiger partial charge >= 0.3 is 0 Å². The number of nitrogens with one attached hydrogen (secondary N) is 2. The van der Waals surface area contributed by atoms with Gasteiger partial charge in [0.05, 0.1) is 42.7 Å². The summed E-state index contributed by atoms with van der Waals surface area (Å²) in [5, 5.41) is 23.9. The van der Waals surface area contributed by atoms with Crippen LogP contribution >= 0.6 is 11.6 Å². The van der Waals surface area contributed by atoms with Crippen molar-refractivity contribution in [2.45, 2.75) is 38.1 Å². The number of nitrogens with zero attached hydrogens (tertiary/aromatic N) is 6. The first-order valence-corrected chi connectivity index (χ1v) is 13.9. The number of methoxy groups -OCH3 is 2. The fourth-order valence-corrected chi connectivity index (χ4v) is 5.81. The second kappa shape index (κ2) is 11.5. The molecule has 0 saturated heterocycles. The molecule has 2 aromatic carbocycles. The fraction of sp³-hybridized carbons (Fsp3) is 0.310. The van der Waals surface area contributed by atoms with E-state index in [9.17, 15) is 4.79 Å². The molecule has 1 amide bonds. The van der Waals surface area contributed by atoms with Crippen LogP contribution in [0.2, 0.25) is 5.02 Å². The molecule has 1 fully saturated rings. The van der Waals surface area contributed by atoms with Crippen LogP contribution in [-0.2, 0) is 0 Å². The zero-order valence-electron chi connectivity index (χ0n) is 22.7. The predicted octanol–water partition coefficient (Wildman–Crippen LogP) is 5.32. The number of rotatable bonds is 8. The summed E-state index contributed by atoms with van der Waals surface area (Å²) in [6.07, 6.45) is 7.04. The Labute approximate surface area is 241 Å². The van der Waals surface area contributed by atoms with E-state index in [2.05, 4.69) is 30.9 Å². The van der Waals surface area contributed by atoms with Crippen molar-refractivity contribution < 1.29 is 14.3 Å². The number of hydrogen-bond acceptors (Lipinski definition) is 8. The maximum atomic E-state index is 13.9. The van der Waals surface area contributed by atoms with E-state index < -0.39 is 0 Å². The molecular weight excluding hydrogens is 544 g/mol. The summed E-state index contributed by atoms with van der Waals surface area (Å²) in [4.78, 5) is 18.4. The highest BCUT2D eigenvalue weighted by atomic mass is 35.5. The number of hydrogen-bond donors (Lipinski definition) is 2. The number of halogens is 1. The molecule has 0 unspecified atom stereocenters. The van der Waals surface area contributed by atoms with Crippen LogP contribution in [-0.4, -0.2) is 55.5 Å². The second-order valence-corrected chi connectivity index (χ2v) is 10.4. The molecule has 0 spiro atoms. The third kappa shape index (κ3) is 5.20. The van der Waals surface area contributed by atoms with Crippen molar-refractivity contribution in [2.24, 2.45) is 5.92 Å². The van der Waals surface area contributed by atoms with Gasteiger partial charge in [-0.15, -0.1) is 5.10 Å². The lowest BCUT2D eigenvalue weighted by molar-refractivity contribution is 0.0903. The average Bonchev–Trinajstić information content (AvgIpc) is 3.70. The van der Waals surface area contributed by atoms with Crippen molar-refractivity contribution in [1.29, 1.82) is 0 Å². The molecule has 11 nitrogen and oxygen atoms in total. The highest BCUT2D eigenvalue weighted by Crippen LogP contribution is 2.40. The van der Waals surface area contributed by atoms with Crippen molar-refractivity contribution in [2.75, 3.05) is 14.2 Å². The molecule has 0 bridgehead atoms. The van der Waals surface area contributed by atoms with Crippen LogP contribution in [0.3, 0.4) is 0 Å². The van der Waals surface area contributed by atoms with Gasteiger partial charge in [-0.1, -0.05) is 36.9 Å². The largest absolute Gasteiger partial charge is 0.496 e. The Morgan fingerprint density at radius 3 is 2.56 bits per heavy atom. The topological polar surface area (TPSA) is 133 Å². The van der Waals surface area contributed by atoms with E-state index in [-0.39, 0.29) is 23.6 Å². The molecule has 2 N–H and O–H groups in total. The minimum absolute atomic E-state index is 0.215. The molecule has 12 heteroatoms. The van der Waals surface area contributed by atoms with Crippen LogP contribution in [0.1, 0.15) is 54.5 Å². The lowest BCUT2D eigenvalue weighted by atomic mass is 9.83. The molecule has 0 aliphatic heterocycles. The first-order chi connectivity index (χ1) is 20.1. The van der Waals surface area contributed by atoms with Gasteiger partial charge in [0.25, 0.3) is 5.91 Å². The highest BCUT2D eigenvalue weighted by molar-refractivity contribution is 6.31. The minimum atomic E-state index is -0.365. The molecule has 3 aromatic heterocycles. The summed E-state index contributed by atoms with van der Waals surface area (Å²) >= 11 is 6.26. The molecule has 41 heavy (non-hydrogen) atoms. The van der Waals surface area contributed by atoms with Gasteiger partial charge in [0.2, 0.25) is 0 Å². The van der Waals surface area contributed by atoms with Crippen LogP contribution in [0.4, 0.5) is 0 Å². The van der Waals surface area contributed by atoms with Crippen LogP contribution in [0.15, 0.2) is 54.7 Å². The Morgan fingerprint density at radius 2 is 1.85 bits per heavy atom. The second-order valence-electron chi connectivity index (χ2n) is 9.99. The monoisotopic (exact) mass is 572 g/mol. The van der Waals surface area contributed by atoms with Crippen molar-refractivity contribution in [3.63, 3.8) is 0 Å². The Bertz CT molecular complexity index is 1660. The number of carbonyl (C=O) groups is 1. The third-order valence-corrected chi connectivity index (χ3v) is 7.84. The van der Waals surface area contributed by atoms with Crippen molar-refractivity contribution >= 4 is 28.4 Å². The van der Waals surface area contributed by atoms with Crippen molar-refractivity contribution in [3.8, 4) is 28.4 Å². The van der Waals surface area contributed by atoms with E-state index in [1.807, 2.05) is 30.3 Å². The Hall–Kier alpha value is -4.51. The smallest absolute Gasteiger partial charge is 0.272 e. The Balaban J connectivity index is 1.49. The molecular formula is C29H29ClN8O3. The predicted molar refractivity (Wildman–Crippen MR) is 153 cm³/mol. The summed E-state index contributed by atoms with van der Waals surface area (Å²) in [5.41, 5.74) is 2.91. The quantitative estimate of drug-likeness (QED) is 0.255. The van der Waals surface area contributed by atoms with Gasteiger partial charge in [0, 0.05) is 16.6 Å². The zero-order valence-corrected chi connectivity index (χ0v) is 23.4. The van der Waals surface area contributed by atoms with Crippen LogP contribution in [0.5, 0.6) is 11.5 Å². The summed E-state index contributed by atoms with van der Waals surface area (Å²) in [5.74, 6) is 1.56. The highest BCUT2D eigenvalue weighted by Gasteiger charge is 2.31. The number of H-pyrrole nitrogens is 1. The fourth-order valence-electron chi connectivity index (χ4n) is 5.64. The number of benzene rings is 2. The number of aromatic nitrogens is 7. The van der Waals surface area contributed by atoms with Gasteiger partial charge in [0.1, 0.15) is 11.5 Å². The number of aromatic amines is 1. The molecule has 1 aliphatic rings. The molecule has 1 atom stereocenters. The third-order valence-electron chi connectivity index (χ3n) is 7.60. The van der Waals surface area contributed by atoms with Crippen molar-refractivity contribution in [3.05, 3.63) is 71.3 Å². The van der Waals surface area contributed by atoms with Crippen LogP contribution < -0.4 is 14.8 Å². The first-order valence-electron chi connectivity index (χ1n) is 13.5. The summed E-state index contributed by atoms with van der Waals surface area (Å²) in [6, 6.07) is 14.2. The number of ether oxygens (including phenoxy) is 2. The molecule has 1 saturated carbocycles. The summed E-state index contributed by atoms with van der Waals surface area (Å²) < 4.78 is 13.2. The van der Waals surface area contributed by atoms with Gasteiger partial charge < -0.3 is 14.8 Å². The normalized spacial score (nSPS) is 14.6. The average molecular weight is 573 g/mol. The van der Waals surface area contributed by atoms with Gasteiger partial charge in [-0.25, -0.2) is 9.78 Å². The molecule has 3 heterocycles. The standard InChI is InChI=1S/C29H29ClN8O3/c1-40-24-9-6-10-25(41-2)26(24)23-16-21(35-38(23)22-13-14-31-20-15-18(30)11-12-19(20)22)29(39)32-27(28-33-36-37-34-28)17-7-4-3-5-8-17/h6,9-17,27H,3-5,7-8H2,1-2H3,(H,32,39)(H,33,34,36,37)/t27-/m0/s1. The van der Waals surface area contributed by atoms with E-state index in [0.717, 1.165) is 36.8 Å². The van der Waals surface area contributed by atoms with Gasteiger partial charge in [-0.2, -0.15) is 5.10 Å². The molecule has 1 aliphatic carbocycles. The maximum absolute atomic E-state index is 13.9. The van der Waals surface area contributed by atoms with Crippen LogP contribution in [0.25, 0.3) is 27.8 Å². The van der Waals surface area contributed by atoms with Gasteiger partial charge in [-0.05, 0) is 71.7 Å². The van der Waals surface area contributed by atoms with E-state index >= 15 is 0 Å². The van der Waals surface area contributed by atoms with Gasteiger partial charge in [-0.3, -0.25) is 9.78 Å². The van der Waals surface area contributed by atoms with E-state index in [1.165, 1.54) is 6.42 Å². The Kier molecular flexibility index (Phi) is 7.51. The number of amides is 1. The number of pyridine rings is 1. The molecule has 210 valence electrons. The van der Waals surface area contributed by atoms with Crippen molar-refractivity contribution in [1.82, 2.24) is 40.7 Å². The van der Waals surface area contributed by atoms with E-state index in [0.29, 0.717) is 39.1 Å². The van der Waals surface area contributed by atoms with E-state index in [1.54, 1.807) is 43.3 Å². The Morgan fingerprint density at radius 1 is 1.07 bits per heavy atom. The summed E-state index contributed by atoms with van der Waals surface area (Å²) in [6.45, 7) is 0. The molecule has 0 radical (unpaired) electrons. The van der Waals surface area contributed by atoms with E-state index in [4.69, 9.17) is 26.2 Å². The SMILES string of the molecule is COc1cccc(OC)c1-c1cc(C(=O)N[C@H](c2nnn[nH]2)C2CCCCC2)nn1-c1ccnc2cc(Cl)ccc12.